The summed E-state index contributed by atoms with van der Waals surface area (Å²) in [5, 5.41) is 4.49. The van der Waals surface area contributed by atoms with Crippen molar-refractivity contribution >= 4 is 16.7 Å². The van der Waals surface area contributed by atoms with Crippen LogP contribution in [0.1, 0.15) is 17.2 Å². The molecule has 0 fully saturated rings. The molecule has 2 aromatic carbocycles. The average Bonchev–Trinajstić information content (AvgIpc) is 2.98. The van der Waals surface area contributed by atoms with Crippen LogP contribution in [0.3, 0.4) is 0 Å². The highest BCUT2D eigenvalue weighted by atomic mass is 19.1. The maximum atomic E-state index is 14.6. The molecule has 0 saturated carbocycles. The Hall–Kier alpha value is -3.14. The number of pyridine rings is 1. The number of halogens is 1. The number of aryl methyl sites for hydroxylation is 1. The standard InChI is InChI=1S/C21H18FN3/c1-25-14-17(15-8-3-5-11-19(15)25)21(16-9-2-4-10-18(16)22)24-20-12-6-7-13-23-20/h2-14,21H,1H3,(H,23,24). The Morgan fingerprint density at radius 3 is 2.48 bits per heavy atom. The van der Waals surface area contributed by atoms with Gasteiger partial charge in [0.15, 0.2) is 0 Å². The van der Waals surface area contributed by atoms with Crippen molar-refractivity contribution in [3.05, 3.63) is 96.1 Å². The molecule has 0 radical (unpaired) electrons. The first kappa shape index (κ1) is 15.4. The minimum atomic E-state index is -0.331. The van der Waals surface area contributed by atoms with Gasteiger partial charge in [0.2, 0.25) is 0 Å². The lowest BCUT2D eigenvalue weighted by Gasteiger charge is -2.20. The van der Waals surface area contributed by atoms with Crippen molar-refractivity contribution in [3.63, 3.8) is 0 Å². The van der Waals surface area contributed by atoms with Gasteiger partial charge in [0.1, 0.15) is 11.6 Å². The summed E-state index contributed by atoms with van der Waals surface area (Å²) in [6.45, 7) is 0. The third-order valence-electron chi connectivity index (χ3n) is 4.41. The van der Waals surface area contributed by atoms with Gasteiger partial charge in [0.05, 0.1) is 6.04 Å². The van der Waals surface area contributed by atoms with Gasteiger partial charge in [-0.05, 0) is 24.3 Å². The van der Waals surface area contributed by atoms with Crippen molar-refractivity contribution in [1.29, 1.82) is 0 Å². The van der Waals surface area contributed by atoms with E-state index in [0.717, 1.165) is 16.5 Å². The summed E-state index contributed by atoms with van der Waals surface area (Å²) < 4.78 is 16.6. The normalized spacial score (nSPS) is 12.2. The summed E-state index contributed by atoms with van der Waals surface area (Å²) in [6.07, 6.45) is 3.78. The molecule has 0 amide bonds. The van der Waals surface area contributed by atoms with Gasteiger partial charge in [-0.1, -0.05) is 42.5 Å². The second-order valence-corrected chi connectivity index (χ2v) is 6.03. The van der Waals surface area contributed by atoms with Crippen molar-refractivity contribution in [2.24, 2.45) is 7.05 Å². The van der Waals surface area contributed by atoms with Crippen molar-refractivity contribution in [2.45, 2.75) is 6.04 Å². The largest absolute Gasteiger partial charge is 0.359 e. The van der Waals surface area contributed by atoms with Gasteiger partial charge in [-0.15, -0.1) is 0 Å². The molecule has 0 aliphatic carbocycles. The highest BCUT2D eigenvalue weighted by Crippen LogP contribution is 2.33. The van der Waals surface area contributed by atoms with Gasteiger partial charge in [-0.3, -0.25) is 0 Å². The predicted octanol–water partition coefficient (Wildman–Crippen LogP) is 4.91. The van der Waals surface area contributed by atoms with Crippen LogP contribution in [0.25, 0.3) is 10.9 Å². The van der Waals surface area contributed by atoms with Gasteiger partial charge in [0.25, 0.3) is 0 Å². The number of benzene rings is 2. The molecule has 25 heavy (non-hydrogen) atoms. The Balaban J connectivity index is 1.89. The molecule has 1 unspecified atom stereocenters. The van der Waals surface area contributed by atoms with Crippen molar-refractivity contribution in [3.8, 4) is 0 Å². The fourth-order valence-electron chi connectivity index (χ4n) is 3.23. The molecule has 1 N–H and O–H groups in total. The summed E-state index contributed by atoms with van der Waals surface area (Å²) in [4.78, 5) is 4.35. The Bertz CT molecular complexity index is 1010. The SMILES string of the molecule is Cn1cc(C(Nc2ccccn2)c2ccccc2F)c2ccccc21. The van der Waals surface area contributed by atoms with Crippen LogP contribution in [0.15, 0.2) is 79.1 Å². The van der Waals surface area contributed by atoms with Crippen molar-refractivity contribution in [1.82, 2.24) is 9.55 Å². The van der Waals surface area contributed by atoms with Crippen LogP contribution in [0.5, 0.6) is 0 Å². The first-order valence-electron chi connectivity index (χ1n) is 8.20. The lowest BCUT2D eigenvalue weighted by Crippen LogP contribution is -2.14. The number of nitrogens with zero attached hydrogens (tertiary/aromatic N) is 2. The second-order valence-electron chi connectivity index (χ2n) is 6.03. The second kappa shape index (κ2) is 6.40. The quantitative estimate of drug-likeness (QED) is 0.575. The highest BCUT2D eigenvalue weighted by molar-refractivity contribution is 5.85. The maximum absolute atomic E-state index is 14.6. The zero-order valence-corrected chi connectivity index (χ0v) is 13.9. The molecule has 4 aromatic rings. The van der Waals surface area contributed by atoms with Crippen LogP contribution >= 0.6 is 0 Å². The fourth-order valence-corrected chi connectivity index (χ4v) is 3.23. The predicted molar refractivity (Wildman–Crippen MR) is 99.0 cm³/mol. The third-order valence-corrected chi connectivity index (χ3v) is 4.41. The Morgan fingerprint density at radius 2 is 1.68 bits per heavy atom. The van der Waals surface area contributed by atoms with Gasteiger partial charge >= 0.3 is 0 Å². The van der Waals surface area contributed by atoms with Gasteiger partial charge in [-0.2, -0.15) is 0 Å². The summed E-state index contributed by atoms with van der Waals surface area (Å²) >= 11 is 0. The zero-order chi connectivity index (χ0) is 17.2. The first-order chi connectivity index (χ1) is 12.2. The Morgan fingerprint density at radius 1 is 0.920 bits per heavy atom. The number of rotatable bonds is 4. The van der Waals surface area contributed by atoms with Crippen LogP contribution in [0.2, 0.25) is 0 Å². The topological polar surface area (TPSA) is 29.9 Å². The number of para-hydroxylation sites is 1. The Labute approximate surface area is 145 Å². The van der Waals surface area contributed by atoms with E-state index in [9.17, 15) is 4.39 Å². The monoisotopic (exact) mass is 331 g/mol. The van der Waals surface area contributed by atoms with E-state index in [1.165, 1.54) is 6.07 Å². The van der Waals surface area contributed by atoms with E-state index in [-0.39, 0.29) is 11.9 Å². The summed E-state index contributed by atoms with van der Waals surface area (Å²) in [6, 6.07) is 20.4. The first-order valence-corrected chi connectivity index (χ1v) is 8.20. The van der Waals surface area contributed by atoms with E-state index >= 15 is 0 Å². The summed E-state index contributed by atoms with van der Waals surface area (Å²) in [5.74, 6) is 0.479. The van der Waals surface area contributed by atoms with Gasteiger partial charge < -0.3 is 9.88 Å². The van der Waals surface area contributed by atoms with Crippen LogP contribution < -0.4 is 5.32 Å². The van der Waals surface area contributed by atoms with Crippen molar-refractivity contribution < 1.29 is 4.39 Å². The molecule has 0 aliphatic rings. The van der Waals surface area contributed by atoms with E-state index in [2.05, 4.69) is 33.2 Å². The minimum absolute atomic E-state index is 0.233. The van der Waals surface area contributed by atoms with Gasteiger partial charge in [0, 0.05) is 41.5 Å². The van der Waals surface area contributed by atoms with E-state index in [1.807, 2.05) is 49.5 Å². The highest BCUT2D eigenvalue weighted by Gasteiger charge is 2.22. The summed E-state index contributed by atoms with van der Waals surface area (Å²) in [7, 11) is 2.00. The van der Waals surface area contributed by atoms with E-state index in [4.69, 9.17) is 0 Å². The Kier molecular flexibility index (Phi) is 3.94. The molecule has 4 heteroatoms. The molecule has 0 aliphatic heterocycles. The maximum Gasteiger partial charge on any atom is 0.128 e. The smallest absolute Gasteiger partial charge is 0.128 e. The number of hydrogen-bond donors (Lipinski definition) is 1. The van der Waals surface area contributed by atoms with Crippen LogP contribution in [-0.4, -0.2) is 9.55 Å². The minimum Gasteiger partial charge on any atom is -0.359 e. The van der Waals surface area contributed by atoms with Crippen LogP contribution in [-0.2, 0) is 7.05 Å². The zero-order valence-electron chi connectivity index (χ0n) is 13.9. The molecule has 124 valence electrons. The number of nitrogens with one attached hydrogen (secondary N) is 1. The molecular weight excluding hydrogens is 313 g/mol. The molecule has 3 nitrogen and oxygen atoms in total. The van der Waals surface area contributed by atoms with Crippen molar-refractivity contribution in [2.75, 3.05) is 5.32 Å². The number of aromatic nitrogens is 2. The fraction of sp³-hybridized carbons (Fsp3) is 0.0952. The number of hydrogen-bond acceptors (Lipinski definition) is 2. The number of fused-ring (bicyclic) bond motifs is 1. The molecule has 0 bridgehead atoms. The van der Waals surface area contributed by atoms with E-state index in [0.29, 0.717) is 11.4 Å². The van der Waals surface area contributed by atoms with E-state index in [1.54, 1.807) is 12.3 Å². The van der Waals surface area contributed by atoms with Crippen LogP contribution in [0.4, 0.5) is 10.2 Å². The van der Waals surface area contributed by atoms with Crippen LogP contribution in [0, 0.1) is 5.82 Å². The van der Waals surface area contributed by atoms with Gasteiger partial charge in [-0.25, -0.2) is 9.37 Å². The number of anilines is 1. The lowest BCUT2D eigenvalue weighted by molar-refractivity contribution is 0.604. The molecule has 0 saturated heterocycles. The third kappa shape index (κ3) is 2.87. The molecule has 1 atom stereocenters. The molecule has 4 rings (SSSR count). The molecule has 0 spiro atoms. The van der Waals surface area contributed by atoms with E-state index < -0.39 is 0 Å². The summed E-state index contributed by atoms with van der Waals surface area (Å²) in [5.41, 5.74) is 2.74. The molecule has 2 heterocycles. The molecular formula is C21H18FN3. The molecule has 2 aromatic heterocycles. The average molecular weight is 331 g/mol. The lowest BCUT2D eigenvalue weighted by atomic mass is 9.97.